The zero-order valence-corrected chi connectivity index (χ0v) is 14.0. The van der Waals surface area contributed by atoms with Crippen molar-refractivity contribution in [2.24, 2.45) is 0 Å². The van der Waals surface area contributed by atoms with Crippen molar-refractivity contribution in [1.82, 2.24) is 14.7 Å². The van der Waals surface area contributed by atoms with Gasteiger partial charge in [0.15, 0.2) is 0 Å². The number of amides is 1. The molecule has 1 heterocycles. The predicted octanol–water partition coefficient (Wildman–Crippen LogP) is 3.91. The second kappa shape index (κ2) is 7.13. The predicted molar refractivity (Wildman–Crippen MR) is 95.8 cm³/mol. The topological polar surface area (TPSA) is 38.1 Å². The fourth-order valence-corrected chi connectivity index (χ4v) is 2.69. The van der Waals surface area contributed by atoms with Gasteiger partial charge in [-0.3, -0.25) is 4.79 Å². The Bertz CT molecular complexity index is 809. The van der Waals surface area contributed by atoms with E-state index in [1.165, 1.54) is 0 Å². The second-order valence-electron chi connectivity index (χ2n) is 5.75. The molecular weight excluding hydrogens is 298 g/mol. The Labute approximate surface area is 142 Å². The van der Waals surface area contributed by atoms with Gasteiger partial charge >= 0.3 is 0 Å². The molecule has 1 amide bonds. The van der Waals surface area contributed by atoms with Gasteiger partial charge in [-0.25, -0.2) is 4.68 Å². The quantitative estimate of drug-likeness (QED) is 0.715. The Hall–Kier alpha value is -2.88. The van der Waals surface area contributed by atoms with Crippen molar-refractivity contribution in [3.63, 3.8) is 0 Å². The maximum absolute atomic E-state index is 11.9. The van der Waals surface area contributed by atoms with E-state index in [-0.39, 0.29) is 5.91 Å². The normalized spacial score (nSPS) is 10.6. The van der Waals surface area contributed by atoms with Crippen LogP contribution in [0.4, 0.5) is 0 Å². The second-order valence-corrected chi connectivity index (χ2v) is 5.75. The Kier molecular flexibility index (Phi) is 4.75. The third kappa shape index (κ3) is 3.38. The van der Waals surface area contributed by atoms with Crippen molar-refractivity contribution in [2.75, 3.05) is 7.05 Å². The van der Waals surface area contributed by atoms with Crippen LogP contribution in [0.15, 0.2) is 66.9 Å². The highest BCUT2D eigenvalue weighted by Crippen LogP contribution is 2.24. The minimum atomic E-state index is 0.126. The highest BCUT2D eigenvalue weighted by molar-refractivity contribution is 5.76. The first-order chi connectivity index (χ1) is 11.7. The molecule has 1 aromatic heterocycles. The van der Waals surface area contributed by atoms with Gasteiger partial charge in [0, 0.05) is 37.3 Å². The van der Waals surface area contributed by atoms with Crippen molar-refractivity contribution in [2.45, 2.75) is 19.9 Å². The molecule has 24 heavy (non-hydrogen) atoms. The highest BCUT2D eigenvalue weighted by atomic mass is 16.2. The first-order valence-electron chi connectivity index (χ1n) is 8.12. The number of carbonyl (C=O) groups is 1. The molecule has 0 aliphatic carbocycles. The molecule has 0 unspecified atom stereocenters. The molecule has 0 saturated carbocycles. The van der Waals surface area contributed by atoms with Gasteiger partial charge in [-0.05, 0) is 12.1 Å². The van der Waals surface area contributed by atoms with Gasteiger partial charge in [0.2, 0.25) is 5.91 Å². The summed E-state index contributed by atoms with van der Waals surface area (Å²) < 4.78 is 1.88. The van der Waals surface area contributed by atoms with Gasteiger partial charge in [-0.2, -0.15) is 5.10 Å². The van der Waals surface area contributed by atoms with Crippen LogP contribution in [-0.4, -0.2) is 27.6 Å². The molecule has 0 saturated heterocycles. The zero-order valence-electron chi connectivity index (χ0n) is 14.0. The Morgan fingerprint density at radius 1 is 1.04 bits per heavy atom. The molecule has 4 heteroatoms. The zero-order chi connectivity index (χ0) is 16.9. The molecule has 0 atom stereocenters. The van der Waals surface area contributed by atoms with E-state index in [1.54, 1.807) is 4.90 Å². The van der Waals surface area contributed by atoms with Crippen LogP contribution in [0.5, 0.6) is 0 Å². The van der Waals surface area contributed by atoms with Crippen LogP contribution in [0.2, 0.25) is 0 Å². The molecule has 2 aromatic carbocycles. The van der Waals surface area contributed by atoms with Crippen molar-refractivity contribution in [3.05, 3.63) is 72.4 Å². The molecule has 0 radical (unpaired) electrons. The van der Waals surface area contributed by atoms with Crippen LogP contribution >= 0.6 is 0 Å². The molecule has 4 nitrogen and oxygen atoms in total. The number of para-hydroxylation sites is 1. The van der Waals surface area contributed by atoms with E-state index in [9.17, 15) is 4.79 Å². The van der Waals surface area contributed by atoms with E-state index in [0.717, 1.165) is 22.5 Å². The summed E-state index contributed by atoms with van der Waals surface area (Å²) in [6.07, 6.45) is 2.51. The van der Waals surface area contributed by atoms with Gasteiger partial charge < -0.3 is 4.90 Å². The number of hydrogen-bond acceptors (Lipinski definition) is 2. The van der Waals surface area contributed by atoms with Crippen LogP contribution in [-0.2, 0) is 11.3 Å². The maximum Gasteiger partial charge on any atom is 0.222 e. The maximum atomic E-state index is 11.9. The van der Waals surface area contributed by atoms with Crippen LogP contribution in [0.25, 0.3) is 16.9 Å². The summed E-state index contributed by atoms with van der Waals surface area (Å²) in [4.78, 5) is 13.7. The summed E-state index contributed by atoms with van der Waals surface area (Å²) in [6, 6.07) is 20.1. The van der Waals surface area contributed by atoms with Gasteiger partial charge in [-0.1, -0.05) is 55.5 Å². The monoisotopic (exact) mass is 319 g/mol. The number of nitrogens with zero attached hydrogens (tertiary/aromatic N) is 3. The number of hydrogen-bond donors (Lipinski definition) is 0. The molecule has 0 fully saturated rings. The standard InChI is InChI=1S/C20H21N3O/c1-3-19(24)22(2)14-17-15-23(18-12-8-5-9-13-18)21-20(17)16-10-6-4-7-11-16/h4-13,15H,3,14H2,1-2H3. The van der Waals surface area contributed by atoms with Crippen molar-refractivity contribution in [3.8, 4) is 16.9 Å². The summed E-state index contributed by atoms with van der Waals surface area (Å²) in [5, 5.41) is 4.77. The highest BCUT2D eigenvalue weighted by Gasteiger charge is 2.15. The Morgan fingerprint density at radius 2 is 1.67 bits per heavy atom. The lowest BCUT2D eigenvalue weighted by atomic mass is 10.1. The molecule has 0 bridgehead atoms. The number of aromatic nitrogens is 2. The molecule has 0 spiro atoms. The summed E-state index contributed by atoms with van der Waals surface area (Å²) >= 11 is 0. The summed E-state index contributed by atoms with van der Waals surface area (Å²) in [5.74, 6) is 0.126. The molecule has 0 N–H and O–H groups in total. The van der Waals surface area contributed by atoms with Crippen molar-refractivity contribution in [1.29, 1.82) is 0 Å². The number of rotatable bonds is 5. The largest absolute Gasteiger partial charge is 0.341 e. The smallest absolute Gasteiger partial charge is 0.222 e. The third-order valence-electron chi connectivity index (χ3n) is 3.99. The van der Waals surface area contributed by atoms with Gasteiger partial charge in [0.25, 0.3) is 0 Å². The molecule has 0 aliphatic heterocycles. The van der Waals surface area contributed by atoms with Crippen LogP contribution in [0.1, 0.15) is 18.9 Å². The van der Waals surface area contributed by atoms with Crippen LogP contribution in [0.3, 0.4) is 0 Å². The molecule has 122 valence electrons. The first-order valence-corrected chi connectivity index (χ1v) is 8.12. The van der Waals surface area contributed by atoms with E-state index in [2.05, 4.69) is 0 Å². The minimum absolute atomic E-state index is 0.126. The van der Waals surface area contributed by atoms with E-state index in [1.807, 2.05) is 85.5 Å². The SMILES string of the molecule is CCC(=O)N(C)Cc1cn(-c2ccccc2)nc1-c1ccccc1. The average Bonchev–Trinajstić information content (AvgIpc) is 3.06. The van der Waals surface area contributed by atoms with Crippen LogP contribution in [0, 0.1) is 0 Å². The van der Waals surface area contributed by atoms with Gasteiger partial charge in [-0.15, -0.1) is 0 Å². The van der Waals surface area contributed by atoms with E-state index in [4.69, 9.17) is 5.10 Å². The lowest BCUT2D eigenvalue weighted by Gasteiger charge is -2.16. The fourth-order valence-electron chi connectivity index (χ4n) is 2.69. The lowest BCUT2D eigenvalue weighted by Crippen LogP contribution is -2.25. The lowest BCUT2D eigenvalue weighted by molar-refractivity contribution is -0.130. The Morgan fingerprint density at radius 3 is 2.29 bits per heavy atom. The van der Waals surface area contributed by atoms with E-state index < -0.39 is 0 Å². The third-order valence-corrected chi connectivity index (χ3v) is 3.99. The summed E-state index contributed by atoms with van der Waals surface area (Å²) in [5.41, 5.74) is 4.01. The molecular formula is C20H21N3O. The Balaban J connectivity index is 2.02. The van der Waals surface area contributed by atoms with E-state index >= 15 is 0 Å². The van der Waals surface area contributed by atoms with Crippen molar-refractivity contribution < 1.29 is 4.79 Å². The molecule has 3 aromatic rings. The van der Waals surface area contributed by atoms with Gasteiger partial charge in [0.05, 0.1) is 11.4 Å². The fraction of sp³-hybridized carbons (Fsp3) is 0.200. The minimum Gasteiger partial charge on any atom is -0.341 e. The number of carbonyl (C=O) groups excluding carboxylic acids is 1. The summed E-state index contributed by atoms with van der Waals surface area (Å²) in [6.45, 7) is 2.42. The summed E-state index contributed by atoms with van der Waals surface area (Å²) in [7, 11) is 1.83. The average molecular weight is 319 g/mol. The molecule has 3 rings (SSSR count). The van der Waals surface area contributed by atoms with Gasteiger partial charge in [0.1, 0.15) is 0 Å². The number of benzene rings is 2. The molecule has 0 aliphatic rings. The first kappa shape index (κ1) is 16.0. The van der Waals surface area contributed by atoms with E-state index in [0.29, 0.717) is 13.0 Å². The van der Waals surface area contributed by atoms with Crippen LogP contribution < -0.4 is 0 Å². The van der Waals surface area contributed by atoms with Crippen molar-refractivity contribution >= 4 is 5.91 Å².